The number of nitrogens with one attached hydrogen (secondary N) is 1. The van der Waals surface area contributed by atoms with Crippen LogP contribution >= 0.6 is 11.8 Å². The zero-order valence-electron chi connectivity index (χ0n) is 10.6. The predicted molar refractivity (Wildman–Crippen MR) is 79.0 cm³/mol. The standard InChI is InChI=1S/C14H14FN3OS/c1-9(20-7-4-16)12-8-10(15)2-3-11(12)13(19)14-17-5-6-18-14/h2-8,13,19H,1,16H2,(H,17,18)/b7-4-. The first-order valence-corrected chi connectivity index (χ1v) is 6.71. The normalized spacial score (nSPS) is 12.7. The molecule has 1 unspecified atom stereocenters. The third-order valence-electron chi connectivity index (χ3n) is 2.68. The smallest absolute Gasteiger partial charge is 0.139 e. The summed E-state index contributed by atoms with van der Waals surface area (Å²) >= 11 is 1.26. The molecule has 0 saturated carbocycles. The van der Waals surface area contributed by atoms with Crippen LogP contribution in [0.3, 0.4) is 0 Å². The Labute approximate surface area is 120 Å². The van der Waals surface area contributed by atoms with E-state index in [1.54, 1.807) is 17.8 Å². The molecular weight excluding hydrogens is 277 g/mol. The second-order valence-electron chi connectivity index (χ2n) is 3.98. The van der Waals surface area contributed by atoms with E-state index in [1.165, 1.54) is 36.2 Å². The van der Waals surface area contributed by atoms with E-state index >= 15 is 0 Å². The van der Waals surface area contributed by atoms with Gasteiger partial charge in [-0.3, -0.25) is 0 Å². The van der Waals surface area contributed by atoms with Crippen molar-refractivity contribution in [2.45, 2.75) is 6.10 Å². The van der Waals surface area contributed by atoms with Crippen LogP contribution in [-0.4, -0.2) is 15.1 Å². The number of imidazole rings is 1. The van der Waals surface area contributed by atoms with Gasteiger partial charge in [-0.15, -0.1) is 0 Å². The van der Waals surface area contributed by atoms with E-state index in [9.17, 15) is 9.50 Å². The van der Waals surface area contributed by atoms with E-state index < -0.39 is 11.9 Å². The van der Waals surface area contributed by atoms with E-state index in [2.05, 4.69) is 16.5 Å². The zero-order valence-corrected chi connectivity index (χ0v) is 11.4. The van der Waals surface area contributed by atoms with E-state index in [4.69, 9.17) is 5.73 Å². The number of benzene rings is 1. The number of aliphatic hydroxyl groups is 1. The minimum absolute atomic E-state index is 0.394. The molecule has 1 heterocycles. The number of H-pyrrole nitrogens is 1. The number of aliphatic hydroxyl groups excluding tert-OH is 1. The summed E-state index contributed by atoms with van der Waals surface area (Å²) in [6.45, 7) is 3.88. The summed E-state index contributed by atoms with van der Waals surface area (Å²) in [5, 5.41) is 12.0. The van der Waals surface area contributed by atoms with Crippen LogP contribution in [0, 0.1) is 5.82 Å². The minimum atomic E-state index is -0.972. The number of hydrogen-bond donors (Lipinski definition) is 3. The molecule has 6 heteroatoms. The summed E-state index contributed by atoms with van der Waals surface area (Å²) in [5.41, 5.74) is 6.34. The van der Waals surface area contributed by atoms with Gasteiger partial charge >= 0.3 is 0 Å². The fourth-order valence-electron chi connectivity index (χ4n) is 1.77. The molecular formula is C14H14FN3OS. The molecule has 1 atom stereocenters. The molecule has 1 aromatic heterocycles. The van der Waals surface area contributed by atoms with Crippen LogP contribution in [0.2, 0.25) is 0 Å². The van der Waals surface area contributed by atoms with Gasteiger partial charge in [0, 0.05) is 23.5 Å². The minimum Gasteiger partial charge on any atom is -0.404 e. The summed E-state index contributed by atoms with van der Waals surface area (Å²) in [6, 6.07) is 4.15. The number of thioether (sulfide) groups is 1. The molecule has 104 valence electrons. The highest BCUT2D eigenvalue weighted by molar-refractivity contribution is 8.10. The maximum absolute atomic E-state index is 13.4. The molecule has 2 rings (SSSR count). The Hall–Kier alpha value is -2.05. The molecule has 0 radical (unpaired) electrons. The lowest BCUT2D eigenvalue weighted by atomic mass is 10.0. The lowest BCUT2D eigenvalue weighted by Gasteiger charge is -2.15. The van der Waals surface area contributed by atoms with Gasteiger partial charge in [0.15, 0.2) is 0 Å². The third kappa shape index (κ3) is 3.09. The van der Waals surface area contributed by atoms with Crippen molar-refractivity contribution in [2.75, 3.05) is 0 Å². The molecule has 0 aliphatic rings. The first-order valence-electron chi connectivity index (χ1n) is 5.83. The highest BCUT2D eigenvalue weighted by Crippen LogP contribution is 2.33. The lowest BCUT2D eigenvalue weighted by Crippen LogP contribution is -2.05. The molecule has 0 aliphatic heterocycles. The number of hydrogen-bond acceptors (Lipinski definition) is 4. The monoisotopic (exact) mass is 291 g/mol. The van der Waals surface area contributed by atoms with Gasteiger partial charge in [-0.05, 0) is 28.7 Å². The van der Waals surface area contributed by atoms with Crippen molar-refractivity contribution in [1.82, 2.24) is 9.97 Å². The Balaban J connectivity index is 2.40. The van der Waals surface area contributed by atoms with Crippen LogP contribution in [0.4, 0.5) is 4.39 Å². The number of rotatable bonds is 5. The van der Waals surface area contributed by atoms with Gasteiger partial charge in [0.25, 0.3) is 0 Å². The zero-order chi connectivity index (χ0) is 14.5. The summed E-state index contributed by atoms with van der Waals surface area (Å²) in [7, 11) is 0. The quantitative estimate of drug-likeness (QED) is 0.792. The van der Waals surface area contributed by atoms with Crippen molar-refractivity contribution in [1.29, 1.82) is 0 Å². The molecule has 0 amide bonds. The molecule has 2 aromatic rings. The molecule has 0 fully saturated rings. The highest BCUT2D eigenvalue weighted by Gasteiger charge is 2.18. The maximum Gasteiger partial charge on any atom is 0.139 e. The van der Waals surface area contributed by atoms with Crippen molar-refractivity contribution in [3.8, 4) is 0 Å². The Kier molecular flexibility index (Phi) is 4.60. The van der Waals surface area contributed by atoms with Crippen molar-refractivity contribution >= 4 is 16.7 Å². The number of nitrogens with two attached hydrogens (primary N) is 1. The predicted octanol–water partition coefficient (Wildman–Crippen LogP) is 2.76. The summed E-state index contributed by atoms with van der Waals surface area (Å²) in [6.07, 6.45) is 3.56. The fourth-order valence-corrected chi connectivity index (χ4v) is 2.31. The molecule has 4 nitrogen and oxygen atoms in total. The van der Waals surface area contributed by atoms with Crippen LogP contribution in [0.1, 0.15) is 23.1 Å². The van der Waals surface area contributed by atoms with Gasteiger partial charge < -0.3 is 15.8 Å². The van der Waals surface area contributed by atoms with Gasteiger partial charge in [-0.2, -0.15) is 0 Å². The fraction of sp³-hybridized carbons (Fsp3) is 0.0714. The topological polar surface area (TPSA) is 74.9 Å². The second-order valence-corrected chi connectivity index (χ2v) is 4.98. The first-order chi connectivity index (χ1) is 9.63. The van der Waals surface area contributed by atoms with Gasteiger partial charge in [-0.1, -0.05) is 24.4 Å². The van der Waals surface area contributed by atoms with Crippen molar-refractivity contribution < 1.29 is 9.50 Å². The number of aromatic nitrogens is 2. The van der Waals surface area contributed by atoms with Crippen molar-refractivity contribution in [3.05, 3.63) is 71.5 Å². The average molecular weight is 291 g/mol. The van der Waals surface area contributed by atoms with Crippen LogP contribution in [0.5, 0.6) is 0 Å². The Morgan fingerprint density at radius 2 is 2.35 bits per heavy atom. The van der Waals surface area contributed by atoms with E-state index in [-0.39, 0.29) is 0 Å². The molecule has 0 saturated heterocycles. The third-order valence-corrected chi connectivity index (χ3v) is 3.48. The Bertz CT molecular complexity index is 625. The molecule has 0 aliphatic carbocycles. The molecule has 1 aromatic carbocycles. The van der Waals surface area contributed by atoms with Crippen molar-refractivity contribution in [2.24, 2.45) is 5.73 Å². The Morgan fingerprint density at radius 1 is 1.55 bits per heavy atom. The summed E-state index contributed by atoms with van der Waals surface area (Å²) in [5.74, 6) is -0.00102. The second kappa shape index (κ2) is 6.40. The highest BCUT2D eigenvalue weighted by atomic mass is 32.2. The summed E-state index contributed by atoms with van der Waals surface area (Å²) < 4.78 is 13.4. The van der Waals surface area contributed by atoms with Gasteiger partial charge in [0.05, 0.1) is 0 Å². The number of aromatic amines is 1. The van der Waals surface area contributed by atoms with Crippen molar-refractivity contribution in [3.63, 3.8) is 0 Å². The van der Waals surface area contributed by atoms with Crippen LogP contribution in [0.15, 0.2) is 48.8 Å². The largest absolute Gasteiger partial charge is 0.404 e. The lowest BCUT2D eigenvalue weighted by molar-refractivity contribution is 0.210. The van der Waals surface area contributed by atoms with E-state index in [0.717, 1.165) is 0 Å². The summed E-state index contributed by atoms with van der Waals surface area (Å²) in [4.78, 5) is 7.43. The SMILES string of the molecule is C=C(S/C=C\N)c1cc(F)ccc1C(O)c1ncc[nH]1. The van der Waals surface area contributed by atoms with E-state index in [0.29, 0.717) is 21.9 Å². The Morgan fingerprint density at radius 3 is 3.00 bits per heavy atom. The number of nitrogens with zero attached hydrogens (tertiary/aromatic N) is 1. The van der Waals surface area contributed by atoms with Gasteiger partial charge in [0.2, 0.25) is 0 Å². The molecule has 0 bridgehead atoms. The van der Waals surface area contributed by atoms with Gasteiger partial charge in [-0.25, -0.2) is 9.37 Å². The van der Waals surface area contributed by atoms with Crippen LogP contribution < -0.4 is 5.73 Å². The average Bonchev–Trinajstić information content (AvgIpc) is 2.98. The first kappa shape index (κ1) is 14.4. The number of halogens is 1. The van der Waals surface area contributed by atoms with E-state index in [1.807, 2.05) is 0 Å². The molecule has 0 spiro atoms. The van der Waals surface area contributed by atoms with Crippen LogP contribution in [-0.2, 0) is 0 Å². The van der Waals surface area contributed by atoms with Crippen LogP contribution in [0.25, 0.3) is 4.91 Å². The molecule has 20 heavy (non-hydrogen) atoms. The van der Waals surface area contributed by atoms with Gasteiger partial charge in [0.1, 0.15) is 17.7 Å². The maximum atomic E-state index is 13.4. The molecule has 4 N–H and O–H groups in total.